The molecular formula is C21H18F3NO8. The maximum Gasteiger partial charge on any atom is 0.484 e. The lowest BCUT2D eigenvalue weighted by molar-refractivity contribution is -0.169. The second-order valence-electron chi connectivity index (χ2n) is 8.31. The Bertz CT molecular complexity index is 1170. The molecule has 6 N–H and O–H groups in total. The normalized spacial score (nSPS) is 31.7. The summed E-state index contributed by atoms with van der Waals surface area (Å²) in [4.78, 5) is 37.8. The Morgan fingerprint density at radius 3 is 2.42 bits per heavy atom. The summed E-state index contributed by atoms with van der Waals surface area (Å²) in [5, 5.41) is 54.2. The lowest BCUT2D eigenvalue weighted by Crippen LogP contribution is -2.64. The molecule has 1 amide bonds. The number of aliphatic hydroxyl groups excluding tert-OH is 3. The third-order valence-corrected chi connectivity index (χ3v) is 6.60. The van der Waals surface area contributed by atoms with Gasteiger partial charge >= 0.3 is 6.30 Å². The fraction of sp³-hybridized carbons (Fsp3) is 0.381. The minimum atomic E-state index is -5.27. The molecule has 0 heterocycles. The molecule has 1 fully saturated rings. The molecule has 0 spiro atoms. The van der Waals surface area contributed by atoms with Gasteiger partial charge in [0.05, 0.1) is 11.7 Å². The highest BCUT2D eigenvalue weighted by molar-refractivity contribution is 6.23. The molecule has 4 rings (SSSR count). The Kier molecular flexibility index (Phi) is 4.88. The highest BCUT2D eigenvalue weighted by Crippen LogP contribution is 2.55. The smallest absolute Gasteiger partial charge is 0.484 e. The summed E-state index contributed by atoms with van der Waals surface area (Å²) in [5.74, 6) is -11.2. The SMILES string of the molecule is C[C@H]1c2cccc(O)c2C(O)=C2C(=O)[C@]3(O)C(O)=C(C(=O)NC(F)(F)F)C(=O)C[C@@H]3C(O)[C@@H]21. The van der Waals surface area contributed by atoms with E-state index in [4.69, 9.17) is 0 Å². The number of fused-ring (bicyclic) bond motifs is 3. The van der Waals surface area contributed by atoms with Crippen molar-refractivity contribution in [1.29, 1.82) is 0 Å². The molecule has 12 heteroatoms. The van der Waals surface area contributed by atoms with Gasteiger partial charge in [0, 0.05) is 23.8 Å². The number of phenolic OH excluding ortho intramolecular Hbond substituents is 1. The standard InChI is InChI=1S/C21H18F3NO8/c1-6-7-3-2-4-9(26)12(7)16(29)14-11(6)15(28)8-5-10(27)13(19(32)25-21(22,23)24)17(30)20(8,33)18(14)31/h2-4,6,8,11,15,26,28-30,33H,5H2,1H3,(H,25,32)/t6-,8+,11+,15?,20+/m0/s1. The van der Waals surface area contributed by atoms with Gasteiger partial charge in [-0.15, -0.1) is 0 Å². The predicted octanol–water partition coefficient (Wildman–Crippen LogP) is 1.11. The number of halogens is 3. The Hall–Kier alpha value is -3.38. The minimum absolute atomic E-state index is 0.149. The van der Waals surface area contributed by atoms with E-state index in [1.165, 1.54) is 18.2 Å². The average molecular weight is 469 g/mol. The molecule has 33 heavy (non-hydrogen) atoms. The number of rotatable bonds is 1. The van der Waals surface area contributed by atoms with E-state index in [0.29, 0.717) is 10.9 Å². The predicted molar refractivity (Wildman–Crippen MR) is 102 cm³/mol. The van der Waals surface area contributed by atoms with Gasteiger partial charge in [-0.05, 0) is 17.5 Å². The van der Waals surface area contributed by atoms with Gasteiger partial charge in [0.2, 0.25) is 5.78 Å². The zero-order valence-corrected chi connectivity index (χ0v) is 16.8. The fourth-order valence-electron chi connectivity index (χ4n) is 5.13. The number of aromatic hydroxyl groups is 1. The lowest BCUT2D eigenvalue weighted by atomic mass is 9.55. The summed E-state index contributed by atoms with van der Waals surface area (Å²) in [7, 11) is 0. The van der Waals surface area contributed by atoms with Crippen molar-refractivity contribution in [2.24, 2.45) is 11.8 Å². The highest BCUT2D eigenvalue weighted by Gasteiger charge is 2.65. The summed E-state index contributed by atoms with van der Waals surface area (Å²) in [6, 6.07) is 4.23. The molecule has 1 unspecified atom stereocenters. The molecule has 0 saturated heterocycles. The topological polar surface area (TPSA) is 164 Å². The third-order valence-electron chi connectivity index (χ3n) is 6.60. The summed E-state index contributed by atoms with van der Waals surface area (Å²) in [5.41, 5.74) is -5.00. The van der Waals surface area contributed by atoms with E-state index in [9.17, 15) is 53.1 Å². The fourth-order valence-corrected chi connectivity index (χ4v) is 5.13. The van der Waals surface area contributed by atoms with Gasteiger partial charge in [-0.3, -0.25) is 19.7 Å². The quantitative estimate of drug-likeness (QED) is 0.263. The van der Waals surface area contributed by atoms with Gasteiger partial charge < -0.3 is 25.5 Å². The van der Waals surface area contributed by atoms with Crippen LogP contribution in [0.25, 0.3) is 5.76 Å². The first-order valence-corrected chi connectivity index (χ1v) is 9.78. The molecule has 3 aliphatic carbocycles. The van der Waals surface area contributed by atoms with Crippen molar-refractivity contribution in [3.05, 3.63) is 46.2 Å². The van der Waals surface area contributed by atoms with Crippen molar-refractivity contribution >= 4 is 23.2 Å². The first kappa shape index (κ1) is 22.8. The molecule has 176 valence electrons. The Morgan fingerprint density at radius 2 is 1.82 bits per heavy atom. The van der Waals surface area contributed by atoms with Crippen molar-refractivity contribution in [3.63, 3.8) is 0 Å². The third kappa shape index (κ3) is 3.04. The molecule has 0 aromatic heterocycles. The number of nitrogens with one attached hydrogen (secondary N) is 1. The molecule has 0 aliphatic heterocycles. The largest absolute Gasteiger partial charge is 0.508 e. The maximum absolute atomic E-state index is 13.4. The number of Topliss-reactive ketones (excluding diaryl/α,β-unsaturated/α-hetero) is 2. The van der Waals surface area contributed by atoms with Crippen LogP contribution >= 0.6 is 0 Å². The summed E-state index contributed by atoms with van der Waals surface area (Å²) >= 11 is 0. The molecular weight excluding hydrogens is 451 g/mol. The molecule has 0 radical (unpaired) electrons. The van der Waals surface area contributed by atoms with Crippen molar-refractivity contribution in [3.8, 4) is 5.75 Å². The Morgan fingerprint density at radius 1 is 1.18 bits per heavy atom. The first-order valence-electron chi connectivity index (χ1n) is 9.78. The van der Waals surface area contributed by atoms with Crippen LogP contribution in [-0.4, -0.2) is 61.0 Å². The minimum Gasteiger partial charge on any atom is -0.508 e. The van der Waals surface area contributed by atoms with Crippen LogP contribution < -0.4 is 5.32 Å². The van der Waals surface area contributed by atoms with Crippen molar-refractivity contribution < 1.29 is 53.1 Å². The van der Waals surface area contributed by atoms with Gasteiger partial charge in [-0.25, -0.2) is 0 Å². The molecule has 1 saturated carbocycles. The lowest BCUT2D eigenvalue weighted by Gasteiger charge is -2.50. The number of alkyl halides is 3. The van der Waals surface area contributed by atoms with Gasteiger partial charge in [-0.1, -0.05) is 19.1 Å². The van der Waals surface area contributed by atoms with E-state index in [-0.39, 0.29) is 5.56 Å². The van der Waals surface area contributed by atoms with E-state index in [2.05, 4.69) is 0 Å². The van der Waals surface area contributed by atoms with Gasteiger partial charge in [0.15, 0.2) is 11.4 Å². The molecule has 9 nitrogen and oxygen atoms in total. The molecule has 1 aromatic carbocycles. The Balaban J connectivity index is 1.93. The number of carbonyl (C=O) groups excluding carboxylic acids is 3. The van der Waals surface area contributed by atoms with E-state index in [1.54, 1.807) is 6.92 Å². The number of hydrogen-bond acceptors (Lipinski definition) is 8. The summed E-state index contributed by atoms with van der Waals surface area (Å²) in [6.45, 7) is 1.57. The van der Waals surface area contributed by atoms with Crippen LogP contribution in [-0.2, 0) is 14.4 Å². The average Bonchev–Trinajstić information content (AvgIpc) is 2.69. The first-order chi connectivity index (χ1) is 15.2. The van der Waals surface area contributed by atoms with Gasteiger partial charge in [0.25, 0.3) is 5.91 Å². The van der Waals surface area contributed by atoms with Crippen LogP contribution in [0.3, 0.4) is 0 Å². The number of benzene rings is 1. The van der Waals surface area contributed by atoms with Gasteiger partial charge in [0.1, 0.15) is 22.8 Å². The van der Waals surface area contributed by atoms with Crippen molar-refractivity contribution in [2.45, 2.75) is 37.3 Å². The zero-order valence-electron chi connectivity index (χ0n) is 16.8. The number of phenols is 1. The second-order valence-corrected chi connectivity index (χ2v) is 8.31. The molecule has 1 aromatic rings. The van der Waals surface area contributed by atoms with Crippen molar-refractivity contribution in [2.75, 3.05) is 0 Å². The molecule has 3 aliphatic rings. The molecule has 0 bridgehead atoms. The van der Waals surface area contributed by atoms with Crippen molar-refractivity contribution in [1.82, 2.24) is 5.32 Å². The maximum atomic E-state index is 13.4. The van der Waals surface area contributed by atoms with Crippen LogP contribution in [0.5, 0.6) is 5.75 Å². The van der Waals surface area contributed by atoms with E-state index >= 15 is 0 Å². The monoisotopic (exact) mass is 469 g/mol. The number of ketones is 2. The summed E-state index contributed by atoms with van der Waals surface area (Å²) < 4.78 is 37.8. The van der Waals surface area contributed by atoms with Crippen LogP contribution in [0.15, 0.2) is 35.1 Å². The van der Waals surface area contributed by atoms with Gasteiger partial charge in [-0.2, -0.15) is 13.2 Å². The summed E-state index contributed by atoms with van der Waals surface area (Å²) in [6.07, 6.45) is -7.92. The van der Waals surface area contributed by atoms with E-state index in [1.807, 2.05) is 0 Å². The number of aliphatic hydroxyl groups is 4. The second kappa shape index (κ2) is 7.06. The zero-order chi connectivity index (χ0) is 24.6. The van der Waals surface area contributed by atoms with Crippen LogP contribution in [0.1, 0.15) is 30.4 Å². The van der Waals surface area contributed by atoms with Crippen LogP contribution in [0.4, 0.5) is 13.2 Å². The van der Waals surface area contributed by atoms with E-state index in [0.717, 1.165) is 0 Å². The highest BCUT2D eigenvalue weighted by atomic mass is 19.4. The molecule has 5 atom stereocenters. The van der Waals surface area contributed by atoms with Crippen LogP contribution in [0.2, 0.25) is 0 Å². The number of hydrogen-bond donors (Lipinski definition) is 6. The van der Waals surface area contributed by atoms with Crippen LogP contribution in [0, 0.1) is 11.8 Å². The number of carbonyl (C=O) groups is 3. The van der Waals surface area contributed by atoms with E-state index < -0.39 is 88.1 Å². The number of amides is 1. The Labute approximate surface area is 183 Å².